The first-order valence-corrected chi connectivity index (χ1v) is 9.24. The number of likely N-dealkylation sites (N-methyl/N-ethyl adjacent to an activating group) is 1. The van der Waals surface area contributed by atoms with Crippen molar-refractivity contribution in [3.63, 3.8) is 0 Å². The molecule has 0 aliphatic carbocycles. The average Bonchev–Trinajstić information content (AvgIpc) is 3.31. The Morgan fingerprint density at radius 2 is 2.27 bits per heavy atom. The highest BCUT2D eigenvalue weighted by atomic mass is 16.5. The summed E-state index contributed by atoms with van der Waals surface area (Å²) in [7, 11) is 1.82. The molecular formula is C20H25N3O3. The van der Waals surface area contributed by atoms with Gasteiger partial charge in [0.2, 0.25) is 0 Å². The zero-order chi connectivity index (χ0) is 17.9. The summed E-state index contributed by atoms with van der Waals surface area (Å²) in [6, 6.07) is 9.67. The van der Waals surface area contributed by atoms with Gasteiger partial charge in [-0.3, -0.25) is 14.7 Å². The fourth-order valence-electron chi connectivity index (χ4n) is 3.98. The molecule has 2 aromatic heterocycles. The quantitative estimate of drug-likeness (QED) is 0.824. The van der Waals surface area contributed by atoms with Crippen LogP contribution in [0, 0.1) is 5.92 Å². The summed E-state index contributed by atoms with van der Waals surface area (Å²) in [5, 5.41) is 0. The molecule has 2 aliphatic rings. The number of ether oxygens (including phenoxy) is 1. The molecule has 2 saturated heterocycles. The molecule has 6 nitrogen and oxygen atoms in total. The molecule has 138 valence electrons. The number of piperidine rings is 1. The summed E-state index contributed by atoms with van der Waals surface area (Å²) in [5.74, 6) is 1.51. The van der Waals surface area contributed by atoms with Crippen LogP contribution >= 0.6 is 0 Å². The van der Waals surface area contributed by atoms with E-state index in [4.69, 9.17) is 9.15 Å². The van der Waals surface area contributed by atoms with E-state index >= 15 is 0 Å². The van der Waals surface area contributed by atoms with Gasteiger partial charge in [0.15, 0.2) is 0 Å². The van der Waals surface area contributed by atoms with E-state index in [9.17, 15) is 4.79 Å². The van der Waals surface area contributed by atoms with Crippen molar-refractivity contribution in [3.05, 3.63) is 54.2 Å². The fraction of sp³-hybridized carbons (Fsp3) is 0.500. The molecule has 0 unspecified atom stereocenters. The van der Waals surface area contributed by atoms with Crippen molar-refractivity contribution in [1.29, 1.82) is 0 Å². The number of amides is 1. The predicted octanol–water partition coefficient (Wildman–Crippen LogP) is 2.31. The number of likely N-dealkylation sites (tertiary alicyclic amines) is 1. The highest BCUT2D eigenvalue weighted by Gasteiger charge is 2.42. The van der Waals surface area contributed by atoms with Crippen molar-refractivity contribution in [2.45, 2.75) is 38.1 Å². The second-order valence-electron chi connectivity index (χ2n) is 7.28. The summed E-state index contributed by atoms with van der Waals surface area (Å²) >= 11 is 0. The third-order valence-corrected chi connectivity index (χ3v) is 5.37. The monoisotopic (exact) mass is 355 g/mol. The second kappa shape index (κ2) is 7.60. The van der Waals surface area contributed by atoms with Gasteiger partial charge in [-0.1, -0.05) is 6.07 Å². The Hall–Kier alpha value is -2.18. The molecule has 2 fully saturated rings. The van der Waals surface area contributed by atoms with E-state index in [1.54, 1.807) is 17.4 Å². The standard InChI is InChI=1S/C20H25N3O3/c1-22(12-16-5-2-3-8-21-16)20(24)18-11-15-7-9-23(14-19(15)26-18)13-17-6-4-10-25-17/h2-6,8,10,15,18-19H,7,9,11-14H2,1H3/t15-,18-,19+/m1/s1. The largest absolute Gasteiger partial charge is 0.468 e. The zero-order valence-electron chi connectivity index (χ0n) is 15.1. The van der Waals surface area contributed by atoms with Crippen LogP contribution in [0.25, 0.3) is 0 Å². The first-order chi connectivity index (χ1) is 12.7. The Bertz CT molecular complexity index is 719. The van der Waals surface area contributed by atoms with E-state index in [1.807, 2.05) is 37.4 Å². The number of rotatable bonds is 5. The average molecular weight is 355 g/mol. The van der Waals surface area contributed by atoms with Crippen molar-refractivity contribution in [2.24, 2.45) is 5.92 Å². The lowest BCUT2D eigenvalue weighted by molar-refractivity contribution is -0.143. The topological polar surface area (TPSA) is 58.8 Å². The highest BCUT2D eigenvalue weighted by molar-refractivity contribution is 5.81. The summed E-state index contributed by atoms with van der Waals surface area (Å²) in [6.07, 6.45) is 5.16. The summed E-state index contributed by atoms with van der Waals surface area (Å²) in [6.45, 7) is 3.20. The molecule has 0 aromatic carbocycles. The number of pyridine rings is 1. The molecule has 4 heterocycles. The predicted molar refractivity (Wildman–Crippen MR) is 96.1 cm³/mol. The van der Waals surface area contributed by atoms with Crippen LogP contribution in [0.4, 0.5) is 0 Å². The van der Waals surface area contributed by atoms with E-state index in [0.29, 0.717) is 12.5 Å². The maximum atomic E-state index is 12.8. The minimum Gasteiger partial charge on any atom is -0.468 e. The van der Waals surface area contributed by atoms with E-state index in [1.165, 1.54) is 0 Å². The highest BCUT2D eigenvalue weighted by Crippen LogP contribution is 2.34. The van der Waals surface area contributed by atoms with Gasteiger partial charge in [0, 0.05) is 19.8 Å². The SMILES string of the molecule is CN(Cc1ccccn1)C(=O)[C@H]1C[C@H]2CCN(Cc3ccco3)C[C@@H]2O1. The molecule has 0 radical (unpaired) electrons. The van der Waals surface area contributed by atoms with E-state index in [0.717, 1.165) is 43.9 Å². The van der Waals surface area contributed by atoms with Gasteiger partial charge in [-0.25, -0.2) is 0 Å². The third-order valence-electron chi connectivity index (χ3n) is 5.37. The van der Waals surface area contributed by atoms with Gasteiger partial charge in [-0.05, 0) is 49.6 Å². The van der Waals surface area contributed by atoms with Crippen molar-refractivity contribution >= 4 is 5.91 Å². The second-order valence-corrected chi connectivity index (χ2v) is 7.28. The Kier molecular flexibility index (Phi) is 5.04. The molecule has 3 atom stereocenters. The van der Waals surface area contributed by atoms with Crippen LogP contribution in [-0.2, 0) is 22.6 Å². The van der Waals surface area contributed by atoms with Gasteiger partial charge < -0.3 is 14.1 Å². The Balaban J connectivity index is 1.32. The number of nitrogens with zero attached hydrogens (tertiary/aromatic N) is 3. The lowest BCUT2D eigenvalue weighted by atomic mass is 9.91. The van der Waals surface area contributed by atoms with Gasteiger partial charge in [0.05, 0.1) is 31.2 Å². The lowest BCUT2D eigenvalue weighted by Crippen LogP contribution is -2.42. The molecule has 4 rings (SSSR count). The third kappa shape index (κ3) is 3.81. The van der Waals surface area contributed by atoms with Crippen molar-refractivity contribution in [1.82, 2.24) is 14.8 Å². The molecule has 2 aromatic rings. The van der Waals surface area contributed by atoms with Gasteiger partial charge in [-0.2, -0.15) is 0 Å². The molecule has 0 N–H and O–H groups in total. The van der Waals surface area contributed by atoms with Gasteiger partial charge in [-0.15, -0.1) is 0 Å². The lowest BCUT2D eigenvalue weighted by Gasteiger charge is -2.33. The minimum atomic E-state index is -0.331. The number of hydrogen-bond acceptors (Lipinski definition) is 5. The van der Waals surface area contributed by atoms with E-state index in [-0.39, 0.29) is 18.1 Å². The fourth-order valence-corrected chi connectivity index (χ4v) is 3.98. The first-order valence-electron chi connectivity index (χ1n) is 9.24. The van der Waals surface area contributed by atoms with E-state index in [2.05, 4.69) is 9.88 Å². The van der Waals surface area contributed by atoms with E-state index < -0.39 is 0 Å². The van der Waals surface area contributed by atoms with Crippen LogP contribution in [0.15, 0.2) is 47.2 Å². The number of furan rings is 1. The maximum absolute atomic E-state index is 12.8. The number of aromatic nitrogens is 1. The minimum absolute atomic E-state index is 0.0580. The molecule has 6 heteroatoms. The Labute approximate surface area is 153 Å². The first kappa shape index (κ1) is 17.2. The van der Waals surface area contributed by atoms with Crippen LogP contribution in [0.1, 0.15) is 24.3 Å². The molecule has 26 heavy (non-hydrogen) atoms. The van der Waals surface area contributed by atoms with Crippen LogP contribution in [0.5, 0.6) is 0 Å². The Morgan fingerprint density at radius 1 is 1.35 bits per heavy atom. The maximum Gasteiger partial charge on any atom is 0.251 e. The smallest absolute Gasteiger partial charge is 0.251 e. The summed E-state index contributed by atoms with van der Waals surface area (Å²) < 4.78 is 11.6. The van der Waals surface area contributed by atoms with Crippen LogP contribution < -0.4 is 0 Å². The molecule has 2 aliphatic heterocycles. The number of carbonyl (C=O) groups excluding carboxylic acids is 1. The van der Waals surface area contributed by atoms with Crippen LogP contribution in [0.2, 0.25) is 0 Å². The van der Waals surface area contributed by atoms with Gasteiger partial charge in [0.1, 0.15) is 11.9 Å². The Morgan fingerprint density at radius 3 is 3.04 bits per heavy atom. The number of fused-ring (bicyclic) bond motifs is 1. The van der Waals surface area contributed by atoms with Gasteiger partial charge >= 0.3 is 0 Å². The molecule has 0 spiro atoms. The number of carbonyl (C=O) groups is 1. The normalized spacial score (nSPS) is 25.8. The van der Waals surface area contributed by atoms with Crippen molar-refractivity contribution < 1.29 is 13.9 Å². The summed E-state index contributed by atoms with van der Waals surface area (Å²) in [5.41, 5.74) is 0.892. The van der Waals surface area contributed by atoms with Gasteiger partial charge in [0.25, 0.3) is 5.91 Å². The zero-order valence-corrected chi connectivity index (χ0v) is 15.1. The summed E-state index contributed by atoms with van der Waals surface area (Å²) in [4.78, 5) is 21.1. The van der Waals surface area contributed by atoms with Crippen molar-refractivity contribution in [2.75, 3.05) is 20.1 Å². The van der Waals surface area contributed by atoms with Crippen molar-refractivity contribution in [3.8, 4) is 0 Å². The molecular weight excluding hydrogens is 330 g/mol. The number of hydrogen-bond donors (Lipinski definition) is 0. The molecule has 0 saturated carbocycles. The molecule has 0 bridgehead atoms. The molecule has 1 amide bonds. The van der Waals surface area contributed by atoms with Crippen LogP contribution in [-0.4, -0.2) is 53.0 Å². The van der Waals surface area contributed by atoms with Crippen LogP contribution in [0.3, 0.4) is 0 Å².